The van der Waals surface area contributed by atoms with Gasteiger partial charge in [-0.05, 0) is 61.9 Å². The lowest BCUT2D eigenvalue weighted by molar-refractivity contribution is -0.124. The third-order valence-corrected chi connectivity index (χ3v) is 7.26. The van der Waals surface area contributed by atoms with Gasteiger partial charge in [-0.25, -0.2) is 8.42 Å². The molecule has 1 aliphatic rings. The molecule has 1 amide bonds. The van der Waals surface area contributed by atoms with E-state index in [-0.39, 0.29) is 22.9 Å². The summed E-state index contributed by atoms with van der Waals surface area (Å²) < 4.78 is 26.7. The van der Waals surface area contributed by atoms with Crippen LogP contribution in [0.3, 0.4) is 0 Å². The van der Waals surface area contributed by atoms with Gasteiger partial charge in [-0.15, -0.1) is 0 Å². The van der Waals surface area contributed by atoms with E-state index in [1.54, 1.807) is 18.2 Å². The third kappa shape index (κ3) is 3.92. The monoisotopic (exact) mass is 386 g/mol. The van der Waals surface area contributed by atoms with Gasteiger partial charge in [0.1, 0.15) is 0 Å². The van der Waals surface area contributed by atoms with Gasteiger partial charge in [-0.3, -0.25) is 4.79 Å². The molecule has 0 aliphatic heterocycles. The number of benzene rings is 2. The van der Waals surface area contributed by atoms with Crippen LogP contribution in [0.4, 0.5) is 0 Å². The number of nitrogens with zero attached hydrogens (tertiary/aromatic N) is 1. The number of likely N-dealkylation sites (N-methyl/N-ethyl adjacent to an activating group) is 1. The van der Waals surface area contributed by atoms with E-state index in [4.69, 9.17) is 0 Å². The van der Waals surface area contributed by atoms with Crippen molar-refractivity contribution in [1.82, 2.24) is 9.62 Å². The van der Waals surface area contributed by atoms with Gasteiger partial charge in [0.15, 0.2) is 0 Å². The average Bonchev–Trinajstić information content (AvgIpc) is 2.61. The van der Waals surface area contributed by atoms with E-state index in [1.807, 2.05) is 44.2 Å². The lowest BCUT2D eigenvalue weighted by atomic mass is 9.72. The maximum Gasteiger partial charge on any atom is 0.243 e. The zero-order valence-corrected chi connectivity index (χ0v) is 16.8. The smallest absolute Gasteiger partial charge is 0.243 e. The highest BCUT2D eigenvalue weighted by Crippen LogP contribution is 2.41. The summed E-state index contributed by atoms with van der Waals surface area (Å²) in [4.78, 5) is 12.8. The Morgan fingerprint density at radius 3 is 2.30 bits per heavy atom. The maximum atomic E-state index is 12.8. The minimum absolute atomic E-state index is 0.205. The van der Waals surface area contributed by atoms with Crippen LogP contribution in [0.5, 0.6) is 0 Å². The second kappa shape index (κ2) is 7.44. The summed E-state index contributed by atoms with van der Waals surface area (Å²) in [6.07, 6.45) is 2.79. The molecular weight excluding hydrogens is 360 g/mol. The molecule has 2 aromatic carbocycles. The van der Waals surface area contributed by atoms with Crippen LogP contribution in [0.15, 0.2) is 53.4 Å². The van der Waals surface area contributed by atoms with Crippen LogP contribution in [0, 0.1) is 13.8 Å². The van der Waals surface area contributed by atoms with Crippen LogP contribution >= 0.6 is 0 Å². The van der Waals surface area contributed by atoms with Crippen molar-refractivity contribution >= 4 is 15.9 Å². The quantitative estimate of drug-likeness (QED) is 0.829. The summed E-state index contributed by atoms with van der Waals surface area (Å²) in [7, 11) is -2.27. The van der Waals surface area contributed by atoms with Crippen molar-refractivity contribution < 1.29 is 13.2 Å². The number of rotatable bonds is 6. The Labute approximate surface area is 161 Å². The first kappa shape index (κ1) is 19.6. The molecular formula is C21H26N2O3S. The fourth-order valence-electron chi connectivity index (χ4n) is 3.42. The summed E-state index contributed by atoms with van der Waals surface area (Å²) in [5, 5.41) is 3.08. The Bertz CT molecular complexity index is 935. The van der Waals surface area contributed by atoms with Crippen LogP contribution in [0.2, 0.25) is 0 Å². The second-order valence-electron chi connectivity index (χ2n) is 7.36. The summed E-state index contributed by atoms with van der Waals surface area (Å²) in [6, 6.07) is 14.9. The van der Waals surface area contributed by atoms with Crippen molar-refractivity contribution in [3.8, 4) is 0 Å². The van der Waals surface area contributed by atoms with Gasteiger partial charge in [-0.1, -0.05) is 36.4 Å². The number of aryl methyl sites for hydroxylation is 2. The van der Waals surface area contributed by atoms with Gasteiger partial charge in [0.05, 0.1) is 17.0 Å². The minimum Gasteiger partial charge on any atom is -0.345 e. The van der Waals surface area contributed by atoms with Crippen molar-refractivity contribution in [3.63, 3.8) is 0 Å². The number of carbonyl (C=O) groups is 1. The highest BCUT2D eigenvalue weighted by molar-refractivity contribution is 7.89. The molecule has 0 radical (unpaired) electrons. The summed E-state index contributed by atoms with van der Waals surface area (Å²) >= 11 is 0. The lowest BCUT2D eigenvalue weighted by Crippen LogP contribution is -2.53. The minimum atomic E-state index is -3.71. The SMILES string of the molecule is Cc1ccc(S(=O)(=O)N(C)CC(=O)NC2(c3ccccc3)CCC2)cc1C. The number of sulfonamides is 1. The van der Waals surface area contributed by atoms with Crippen molar-refractivity contribution in [3.05, 3.63) is 65.2 Å². The molecule has 0 saturated heterocycles. The van der Waals surface area contributed by atoms with Gasteiger partial charge in [-0.2, -0.15) is 4.31 Å². The highest BCUT2D eigenvalue weighted by atomic mass is 32.2. The first-order valence-corrected chi connectivity index (χ1v) is 10.6. The fourth-order valence-corrected chi connectivity index (χ4v) is 4.63. The zero-order chi connectivity index (χ0) is 19.7. The van der Waals surface area contributed by atoms with Crippen LogP contribution < -0.4 is 5.32 Å². The third-order valence-electron chi connectivity index (χ3n) is 5.46. The van der Waals surface area contributed by atoms with E-state index in [2.05, 4.69) is 5.32 Å². The van der Waals surface area contributed by atoms with Crippen LogP contribution in [-0.2, 0) is 20.4 Å². The molecule has 0 unspecified atom stereocenters. The Balaban J connectivity index is 1.72. The molecule has 0 aromatic heterocycles. The van der Waals surface area contributed by atoms with Crippen LogP contribution in [0.25, 0.3) is 0 Å². The van der Waals surface area contributed by atoms with Crippen LogP contribution in [0.1, 0.15) is 36.0 Å². The largest absolute Gasteiger partial charge is 0.345 e. The topological polar surface area (TPSA) is 66.5 Å². The van der Waals surface area contributed by atoms with E-state index in [9.17, 15) is 13.2 Å². The summed E-state index contributed by atoms with van der Waals surface area (Å²) in [5.41, 5.74) is 2.64. The molecule has 6 heteroatoms. The molecule has 1 N–H and O–H groups in total. The molecule has 0 bridgehead atoms. The Morgan fingerprint density at radius 2 is 1.74 bits per heavy atom. The second-order valence-corrected chi connectivity index (χ2v) is 9.40. The fraction of sp³-hybridized carbons (Fsp3) is 0.381. The maximum absolute atomic E-state index is 12.8. The van der Waals surface area contributed by atoms with Gasteiger partial charge >= 0.3 is 0 Å². The van der Waals surface area contributed by atoms with E-state index < -0.39 is 10.0 Å². The van der Waals surface area contributed by atoms with Crippen molar-refractivity contribution in [2.24, 2.45) is 0 Å². The molecule has 144 valence electrons. The summed E-state index contributed by atoms with van der Waals surface area (Å²) in [5.74, 6) is -0.284. The van der Waals surface area contributed by atoms with Crippen molar-refractivity contribution in [1.29, 1.82) is 0 Å². The Hall–Kier alpha value is -2.18. The zero-order valence-electron chi connectivity index (χ0n) is 16.0. The molecule has 1 saturated carbocycles. The van der Waals surface area contributed by atoms with E-state index in [0.29, 0.717) is 0 Å². The Morgan fingerprint density at radius 1 is 1.07 bits per heavy atom. The number of nitrogens with one attached hydrogen (secondary N) is 1. The molecule has 1 aliphatic carbocycles. The normalized spacial score (nSPS) is 16.0. The Kier molecular flexibility index (Phi) is 5.40. The highest BCUT2D eigenvalue weighted by Gasteiger charge is 2.40. The van der Waals surface area contributed by atoms with Crippen molar-refractivity contribution in [2.75, 3.05) is 13.6 Å². The standard InChI is InChI=1S/C21H26N2O3S/c1-16-10-11-19(14-17(16)2)27(25,26)23(3)15-20(24)22-21(12-7-13-21)18-8-5-4-6-9-18/h4-6,8-11,14H,7,12-13,15H2,1-3H3,(H,22,24). The van der Waals surface area contributed by atoms with Gasteiger partial charge < -0.3 is 5.32 Å². The molecule has 2 aromatic rings. The molecule has 3 rings (SSSR count). The number of amides is 1. The van der Waals surface area contributed by atoms with Crippen LogP contribution in [-0.4, -0.2) is 32.2 Å². The van der Waals surface area contributed by atoms with Gasteiger partial charge in [0.25, 0.3) is 0 Å². The van der Waals surface area contributed by atoms with E-state index >= 15 is 0 Å². The summed E-state index contributed by atoms with van der Waals surface area (Å²) in [6.45, 7) is 3.61. The molecule has 0 spiro atoms. The number of carbonyl (C=O) groups excluding carboxylic acids is 1. The lowest BCUT2D eigenvalue weighted by Gasteiger charge is -2.43. The number of hydrogen-bond donors (Lipinski definition) is 1. The first-order valence-electron chi connectivity index (χ1n) is 9.15. The molecule has 5 nitrogen and oxygen atoms in total. The van der Waals surface area contributed by atoms with Gasteiger partial charge in [0.2, 0.25) is 15.9 Å². The number of hydrogen-bond acceptors (Lipinski definition) is 3. The average molecular weight is 387 g/mol. The first-order chi connectivity index (χ1) is 12.7. The van der Waals surface area contributed by atoms with Gasteiger partial charge in [0, 0.05) is 7.05 Å². The molecule has 1 fully saturated rings. The van der Waals surface area contributed by atoms with E-state index in [1.165, 1.54) is 7.05 Å². The predicted octanol–water partition coefficient (Wildman–Crippen LogP) is 3.12. The molecule has 0 heterocycles. The molecule has 0 atom stereocenters. The van der Waals surface area contributed by atoms with E-state index in [0.717, 1.165) is 40.3 Å². The molecule has 27 heavy (non-hydrogen) atoms. The van der Waals surface area contributed by atoms with Crippen molar-refractivity contribution in [2.45, 2.75) is 43.5 Å². The predicted molar refractivity (Wildman–Crippen MR) is 106 cm³/mol.